The molecule has 2 aliphatic rings. The van der Waals surface area contributed by atoms with E-state index in [1.807, 2.05) is 64.1 Å². The van der Waals surface area contributed by atoms with Crippen molar-refractivity contribution in [2.75, 3.05) is 13.2 Å². The van der Waals surface area contributed by atoms with Crippen LogP contribution in [0, 0.1) is 13.8 Å². The molecule has 0 bridgehead atoms. The van der Waals surface area contributed by atoms with E-state index in [1.54, 1.807) is 4.90 Å². The lowest BCUT2D eigenvalue weighted by atomic mass is 9.95. The number of oxime groups is 1. The number of allylic oxidation sites excluding steroid dienone is 3. The number of carbonyl (C=O) groups excluding carboxylic acids is 2. The molecule has 0 aliphatic carbocycles. The Morgan fingerprint density at radius 3 is 2.55 bits per heavy atom. The number of fused-ring (bicyclic) bond motifs is 1. The summed E-state index contributed by atoms with van der Waals surface area (Å²) in [5.41, 5.74) is 4.01. The molecule has 1 amide bonds. The summed E-state index contributed by atoms with van der Waals surface area (Å²) in [7, 11) is 0. The van der Waals surface area contributed by atoms with Gasteiger partial charge in [-0.25, -0.2) is 4.79 Å². The second-order valence-corrected chi connectivity index (χ2v) is 8.69. The molecule has 0 radical (unpaired) electrons. The third-order valence-electron chi connectivity index (χ3n) is 5.84. The lowest BCUT2D eigenvalue weighted by Gasteiger charge is -2.25. The molecule has 2 heterocycles. The van der Waals surface area contributed by atoms with Crippen molar-refractivity contribution >= 4 is 17.6 Å². The molecule has 6 heteroatoms. The monoisotopic (exact) mass is 450 g/mol. The van der Waals surface area contributed by atoms with Crippen molar-refractivity contribution in [2.24, 2.45) is 5.16 Å². The van der Waals surface area contributed by atoms with E-state index in [0.717, 1.165) is 29.5 Å². The maximum Gasteiger partial charge on any atom is 0.338 e. The molecule has 1 aromatic rings. The first-order valence-corrected chi connectivity index (χ1v) is 11.6. The highest BCUT2D eigenvalue weighted by atomic mass is 16.6. The van der Waals surface area contributed by atoms with Crippen LogP contribution in [0.4, 0.5) is 0 Å². The third-order valence-corrected chi connectivity index (χ3v) is 5.84. The summed E-state index contributed by atoms with van der Waals surface area (Å²) in [5.74, 6) is -0.424. The van der Waals surface area contributed by atoms with E-state index in [4.69, 9.17) is 9.57 Å². The van der Waals surface area contributed by atoms with E-state index in [-0.39, 0.29) is 30.6 Å². The topological polar surface area (TPSA) is 68.2 Å². The summed E-state index contributed by atoms with van der Waals surface area (Å²) in [5, 5.41) is 4.29. The Kier molecular flexibility index (Phi) is 8.64. The number of benzene rings is 1. The molecular formula is C27H34N2O4. The van der Waals surface area contributed by atoms with E-state index in [9.17, 15) is 9.59 Å². The maximum atomic E-state index is 12.8. The van der Waals surface area contributed by atoms with Gasteiger partial charge < -0.3 is 14.5 Å². The molecule has 6 nitrogen and oxygen atoms in total. The number of ether oxygens (including phenoxy) is 1. The van der Waals surface area contributed by atoms with Gasteiger partial charge in [0.25, 0.3) is 5.91 Å². The van der Waals surface area contributed by atoms with Gasteiger partial charge in [0.2, 0.25) is 0 Å². The number of hydrogen-bond donors (Lipinski definition) is 0. The Morgan fingerprint density at radius 2 is 1.79 bits per heavy atom. The van der Waals surface area contributed by atoms with Crippen LogP contribution in [0.25, 0.3) is 0 Å². The van der Waals surface area contributed by atoms with E-state index >= 15 is 0 Å². The fourth-order valence-electron chi connectivity index (χ4n) is 4.32. The summed E-state index contributed by atoms with van der Waals surface area (Å²) in [4.78, 5) is 32.7. The normalized spacial score (nSPS) is 23.7. The Labute approximate surface area is 196 Å². The quantitative estimate of drug-likeness (QED) is 0.375. The number of rotatable bonds is 3. The Morgan fingerprint density at radius 1 is 1.09 bits per heavy atom. The fraction of sp³-hybridized carbons (Fsp3) is 0.444. The summed E-state index contributed by atoms with van der Waals surface area (Å²) >= 11 is 0. The first-order chi connectivity index (χ1) is 15.9. The summed E-state index contributed by atoms with van der Waals surface area (Å²) in [6.07, 6.45) is 15.0. The molecule has 0 N–H and O–H groups in total. The maximum absolute atomic E-state index is 12.8. The van der Waals surface area contributed by atoms with Crippen LogP contribution in [0.1, 0.15) is 60.2 Å². The summed E-state index contributed by atoms with van der Waals surface area (Å²) in [6, 6.07) is 4.07. The molecule has 33 heavy (non-hydrogen) atoms. The number of hydrogen-bond acceptors (Lipinski definition) is 5. The molecule has 0 saturated heterocycles. The van der Waals surface area contributed by atoms with Crippen LogP contribution >= 0.6 is 0 Å². The molecule has 2 unspecified atom stereocenters. The molecule has 2 aliphatic heterocycles. The van der Waals surface area contributed by atoms with Gasteiger partial charge in [-0.3, -0.25) is 4.79 Å². The van der Waals surface area contributed by atoms with Crippen molar-refractivity contribution in [2.45, 2.75) is 65.5 Å². The van der Waals surface area contributed by atoms with Gasteiger partial charge in [0.05, 0.1) is 17.9 Å². The van der Waals surface area contributed by atoms with Crippen LogP contribution < -0.4 is 0 Å². The fourth-order valence-corrected chi connectivity index (χ4v) is 4.32. The Hall–Kier alpha value is -3.15. The molecule has 176 valence electrons. The van der Waals surface area contributed by atoms with Gasteiger partial charge in [0.15, 0.2) is 6.61 Å². The minimum absolute atomic E-state index is 0.0508. The Bertz CT molecular complexity index is 978. The predicted molar refractivity (Wildman–Crippen MR) is 130 cm³/mol. The van der Waals surface area contributed by atoms with Gasteiger partial charge >= 0.3 is 5.97 Å². The first kappa shape index (κ1) is 24.5. The highest BCUT2D eigenvalue weighted by molar-refractivity contribution is 6.00. The summed E-state index contributed by atoms with van der Waals surface area (Å²) < 4.78 is 5.52. The minimum Gasteiger partial charge on any atom is -0.462 e. The second kappa shape index (κ2) is 11.6. The number of cyclic esters (lactones) is 1. The summed E-state index contributed by atoms with van der Waals surface area (Å²) in [6.45, 7) is 8.12. The smallest absolute Gasteiger partial charge is 0.338 e. The molecule has 3 rings (SSSR count). The standard InChI is InChI=1S/C27H34N2O4/c1-19-15-20(2)26-23(16-19)17-24(11-9-7-5-6-8-10-14-32-27(26)31)28-33-18-25(30)29-21(3)12-13-22(29)4/h6,8-9,11-13,15-16,21-22H,5,7,10,14,17-18H2,1-4H3/b8-6+,11-9?,28-24-. The average molecular weight is 451 g/mol. The highest BCUT2D eigenvalue weighted by Crippen LogP contribution is 2.21. The number of carbonyl (C=O) groups is 2. The molecular weight excluding hydrogens is 416 g/mol. The van der Waals surface area contributed by atoms with Crippen molar-refractivity contribution < 1.29 is 19.2 Å². The van der Waals surface area contributed by atoms with Gasteiger partial charge in [-0.1, -0.05) is 53.2 Å². The van der Waals surface area contributed by atoms with E-state index in [1.165, 1.54) is 0 Å². The van der Waals surface area contributed by atoms with E-state index in [2.05, 4.69) is 17.3 Å². The highest BCUT2D eigenvalue weighted by Gasteiger charge is 2.27. The molecule has 2 atom stereocenters. The molecule has 0 spiro atoms. The minimum atomic E-state index is -0.322. The molecule has 0 saturated carbocycles. The van der Waals surface area contributed by atoms with Crippen LogP contribution in [0.5, 0.6) is 0 Å². The lowest BCUT2D eigenvalue weighted by Crippen LogP contribution is -2.41. The number of esters is 1. The SMILES string of the molecule is Cc1cc(C)c2c(c1)C/C(=N\OCC(=O)N1C(C)C=CC1C)C=CCC/C=C/CCOC2=O. The second-order valence-electron chi connectivity index (χ2n) is 8.69. The zero-order valence-electron chi connectivity index (χ0n) is 20.0. The average Bonchev–Trinajstić information content (AvgIpc) is 3.09. The van der Waals surface area contributed by atoms with Crippen LogP contribution in [0.3, 0.4) is 0 Å². The van der Waals surface area contributed by atoms with Crippen LogP contribution in [-0.2, 0) is 20.8 Å². The van der Waals surface area contributed by atoms with Crippen LogP contribution in [0.15, 0.2) is 53.7 Å². The number of amides is 1. The third kappa shape index (κ3) is 6.67. The van der Waals surface area contributed by atoms with Crippen molar-refractivity contribution in [1.29, 1.82) is 0 Å². The first-order valence-electron chi connectivity index (χ1n) is 11.6. The van der Waals surface area contributed by atoms with Crippen molar-refractivity contribution in [3.8, 4) is 0 Å². The van der Waals surface area contributed by atoms with Crippen molar-refractivity contribution in [3.63, 3.8) is 0 Å². The largest absolute Gasteiger partial charge is 0.462 e. The Balaban J connectivity index is 1.82. The van der Waals surface area contributed by atoms with Gasteiger partial charge in [0, 0.05) is 18.5 Å². The van der Waals surface area contributed by atoms with Gasteiger partial charge in [0.1, 0.15) is 0 Å². The number of aryl methyl sites for hydroxylation is 2. The zero-order valence-corrected chi connectivity index (χ0v) is 20.0. The predicted octanol–water partition coefficient (Wildman–Crippen LogP) is 4.85. The molecule has 0 fully saturated rings. The van der Waals surface area contributed by atoms with Crippen molar-refractivity contribution in [3.05, 3.63) is 70.8 Å². The van der Waals surface area contributed by atoms with Gasteiger partial charge in [-0.05, 0) is 64.2 Å². The van der Waals surface area contributed by atoms with Crippen molar-refractivity contribution in [1.82, 2.24) is 4.90 Å². The van der Waals surface area contributed by atoms with Gasteiger partial charge in [-0.15, -0.1) is 0 Å². The van der Waals surface area contributed by atoms with Crippen LogP contribution in [-0.4, -0.2) is 47.8 Å². The lowest BCUT2D eigenvalue weighted by molar-refractivity contribution is -0.137. The molecule has 0 aromatic heterocycles. The van der Waals surface area contributed by atoms with E-state index < -0.39 is 0 Å². The van der Waals surface area contributed by atoms with E-state index in [0.29, 0.717) is 30.7 Å². The number of nitrogens with zero attached hydrogens (tertiary/aromatic N) is 2. The molecule has 1 aromatic carbocycles. The zero-order chi connectivity index (χ0) is 23.8. The van der Waals surface area contributed by atoms with Gasteiger partial charge in [-0.2, -0.15) is 0 Å². The van der Waals surface area contributed by atoms with Crippen LogP contribution in [0.2, 0.25) is 0 Å².